The minimum atomic E-state index is 0.880. The van der Waals surface area contributed by atoms with Crippen LogP contribution in [0.15, 0.2) is 0 Å². The van der Waals surface area contributed by atoms with Crippen molar-refractivity contribution in [3.05, 3.63) is 0 Å². The first kappa shape index (κ1) is 10.1. The highest BCUT2D eigenvalue weighted by Crippen LogP contribution is 2.56. The van der Waals surface area contributed by atoms with Gasteiger partial charge >= 0.3 is 0 Å². The maximum atomic E-state index is 3.82. The van der Waals surface area contributed by atoms with Gasteiger partial charge in [0.25, 0.3) is 0 Å². The van der Waals surface area contributed by atoms with Crippen LogP contribution >= 0.6 is 0 Å². The van der Waals surface area contributed by atoms with Crippen molar-refractivity contribution in [1.29, 1.82) is 0 Å². The Morgan fingerprint density at radius 1 is 1.13 bits per heavy atom. The van der Waals surface area contributed by atoms with Crippen LogP contribution in [0.3, 0.4) is 0 Å². The summed E-state index contributed by atoms with van der Waals surface area (Å²) in [6.45, 7) is 3.52. The van der Waals surface area contributed by atoms with Crippen molar-refractivity contribution in [3.8, 4) is 0 Å². The van der Waals surface area contributed by atoms with Gasteiger partial charge in [-0.1, -0.05) is 19.8 Å². The monoisotopic (exact) mass is 207 g/mol. The highest BCUT2D eigenvalue weighted by Gasteiger charge is 2.48. The fourth-order valence-electron chi connectivity index (χ4n) is 3.57. The van der Waals surface area contributed by atoms with Gasteiger partial charge in [0.15, 0.2) is 0 Å². The molecular weight excluding hydrogens is 182 g/mol. The Bertz CT molecular complexity index is 211. The summed E-state index contributed by atoms with van der Waals surface area (Å²) in [5.74, 6) is 4.44. The summed E-state index contributed by atoms with van der Waals surface area (Å²) in [5, 5.41) is 3.82. The van der Waals surface area contributed by atoms with E-state index in [1.54, 1.807) is 19.3 Å². The predicted octanol–water partition coefficient (Wildman–Crippen LogP) is 3.20. The maximum Gasteiger partial charge on any atom is 0.00981 e. The van der Waals surface area contributed by atoms with E-state index in [0.29, 0.717) is 0 Å². The molecule has 3 aliphatic rings. The first-order valence-electron chi connectivity index (χ1n) is 7.10. The highest BCUT2D eigenvalue weighted by atomic mass is 14.9. The molecule has 0 bridgehead atoms. The van der Waals surface area contributed by atoms with E-state index in [9.17, 15) is 0 Å². The van der Waals surface area contributed by atoms with E-state index in [1.165, 1.54) is 32.2 Å². The van der Waals surface area contributed by atoms with E-state index in [-0.39, 0.29) is 0 Å². The van der Waals surface area contributed by atoms with Crippen molar-refractivity contribution in [2.24, 2.45) is 23.7 Å². The number of hydrogen-bond acceptors (Lipinski definition) is 1. The molecule has 3 atom stereocenters. The molecule has 1 N–H and O–H groups in total. The van der Waals surface area contributed by atoms with Crippen LogP contribution in [-0.4, -0.2) is 12.6 Å². The summed E-state index contributed by atoms with van der Waals surface area (Å²) < 4.78 is 0. The van der Waals surface area contributed by atoms with Gasteiger partial charge in [0, 0.05) is 6.04 Å². The zero-order chi connectivity index (χ0) is 10.3. The third-order valence-electron chi connectivity index (χ3n) is 4.79. The number of nitrogens with one attached hydrogen (secondary N) is 1. The van der Waals surface area contributed by atoms with E-state index in [0.717, 1.165) is 29.7 Å². The summed E-state index contributed by atoms with van der Waals surface area (Å²) in [6, 6.07) is 0.880. The van der Waals surface area contributed by atoms with Crippen LogP contribution in [0.1, 0.15) is 51.9 Å². The molecule has 3 aliphatic carbocycles. The fourth-order valence-corrected chi connectivity index (χ4v) is 3.57. The first-order valence-corrected chi connectivity index (χ1v) is 7.10. The Hall–Kier alpha value is -0.0400. The van der Waals surface area contributed by atoms with E-state index >= 15 is 0 Å². The Labute approximate surface area is 94.0 Å². The second-order valence-corrected chi connectivity index (χ2v) is 6.23. The van der Waals surface area contributed by atoms with Crippen LogP contribution < -0.4 is 5.32 Å². The first-order chi connectivity index (χ1) is 7.36. The normalized spacial score (nSPS) is 40.2. The third-order valence-corrected chi connectivity index (χ3v) is 4.79. The molecule has 0 aromatic rings. The standard InChI is InChI=1S/C14H25N/c1-2-5-15-14(6-10-3-4-10)13-8-11-7-12(11)9-13/h10-15H,2-9H2,1H3. The zero-order valence-corrected chi connectivity index (χ0v) is 10.0. The number of fused-ring (bicyclic) bond motifs is 1. The molecule has 1 heteroatoms. The van der Waals surface area contributed by atoms with Crippen molar-refractivity contribution in [1.82, 2.24) is 5.32 Å². The molecule has 3 unspecified atom stereocenters. The highest BCUT2D eigenvalue weighted by molar-refractivity contribution is 5.00. The molecule has 86 valence electrons. The summed E-state index contributed by atoms with van der Waals surface area (Å²) in [7, 11) is 0. The molecule has 15 heavy (non-hydrogen) atoms. The van der Waals surface area contributed by atoms with Gasteiger partial charge in [-0.15, -0.1) is 0 Å². The molecule has 3 fully saturated rings. The van der Waals surface area contributed by atoms with Crippen LogP contribution in [0.5, 0.6) is 0 Å². The quantitative estimate of drug-likeness (QED) is 0.705. The second-order valence-electron chi connectivity index (χ2n) is 6.23. The summed E-state index contributed by atoms with van der Waals surface area (Å²) in [4.78, 5) is 0. The number of rotatable bonds is 6. The molecule has 3 rings (SSSR count). The molecule has 0 aromatic heterocycles. The Morgan fingerprint density at radius 2 is 1.87 bits per heavy atom. The van der Waals surface area contributed by atoms with Crippen LogP contribution in [0.4, 0.5) is 0 Å². The second kappa shape index (κ2) is 4.08. The largest absolute Gasteiger partial charge is 0.314 e. The predicted molar refractivity (Wildman–Crippen MR) is 63.7 cm³/mol. The van der Waals surface area contributed by atoms with Gasteiger partial charge in [-0.05, 0) is 62.3 Å². The van der Waals surface area contributed by atoms with Crippen molar-refractivity contribution in [3.63, 3.8) is 0 Å². The molecule has 0 amide bonds. The van der Waals surface area contributed by atoms with Crippen LogP contribution in [-0.2, 0) is 0 Å². The Balaban J connectivity index is 1.51. The zero-order valence-electron chi connectivity index (χ0n) is 10.0. The van der Waals surface area contributed by atoms with Crippen molar-refractivity contribution in [2.75, 3.05) is 6.54 Å². The third kappa shape index (κ3) is 2.38. The fraction of sp³-hybridized carbons (Fsp3) is 1.00. The van der Waals surface area contributed by atoms with Crippen molar-refractivity contribution in [2.45, 2.75) is 57.9 Å². The lowest BCUT2D eigenvalue weighted by Gasteiger charge is -2.26. The van der Waals surface area contributed by atoms with Crippen LogP contribution in [0, 0.1) is 23.7 Å². The molecule has 1 nitrogen and oxygen atoms in total. The van der Waals surface area contributed by atoms with E-state index in [2.05, 4.69) is 12.2 Å². The van der Waals surface area contributed by atoms with Gasteiger partial charge in [-0.3, -0.25) is 0 Å². The number of hydrogen-bond donors (Lipinski definition) is 1. The molecule has 0 saturated heterocycles. The maximum absolute atomic E-state index is 3.82. The van der Waals surface area contributed by atoms with E-state index < -0.39 is 0 Å². The summed E-state index contributed by atoms with van der Waals surface area (Å²) >= 11 is 0. The lowest BCUT2D eigenvalue weighted by Crippen LogP contribution is -2.36. The summed E-state index contributed by atoms with van der Waals surface area (Å²) in [6.07, 6.45) is 10.5. The SMILES string of the molecule is CCCNC(CC1CC1)C1CC2CC2C1. The molecule has 0 spiro atoms. The lowest BCUT2D eigenvalue weighted by atomic mass is 9.90. The molecule has 0 aromatic carbocycles. The van der Waals surface area contributed by atoms with Gasteiger partial charge in [-0.25, -0.2) is 0 Å². The van der Waals surface area contributed by atoms with E-state index in [1.807, 2.05) is 0 Å². The minimum absolute atomic E-state index is 0.880. The topological polar surface area (TPSA) is 12.0 Å². The lowest BCUT2D eigenvalue weighted by molar-refractivity contribution is 0.308. The average Bonchev–Trinajstić information content (AvgIpc) is 3.15. The van der Waals surface area contributed by atoms with Gasteiger partial charge in [0.05, 0.1) is 0 Å². The van der Waals surface area contributed by atoms with E-state index in [4.69, 9.17) is 0 Å². The van der Waals surface area contributed by atoms with Crippen molar-refractivity contribution >= 4 is 0 Å². The van der Waals surface area contributed by atoms with Gasteiger partial charge in [0.1, 0.15) is 0 Å². The minimum Gasteiger partial charge on any atom is -0.314 e. The molecular formula is C14H25N. The average molecular weight is 207 g/mol. The summed E-state index contributed by atoms with van der Waals surface area (Å²) in [5.41, 5.74) is 0. The van der Waals surface area contributed by atoms with Crippen molar-refractivity contribution < 1.29 is 0 Å². The van der Waals surface area contributed by atoms with Gasteiger partial charge < -0.3 is 5.32 Å². The molecule has 0 heterocycles. The Kier molecular flexibility index (Phi) is 2.76. The van der Waals surface area contributed by atoms with Gasteiger partial charge in [-0.2, -0.15) is 0 Å². The van der Waals surface area contributed by atoms with Crippen LogP contribution in [0.2, 0.25) is 0 Å². The molecule has 3 saturated carbocycles. The Morgan fingerprint density at radius 3 is 2.47 bits per heavy atom. The smallest absolute Gasteiger partial charge is 0.00981 e. The van der Waals surface area contributed by atoms with Gasteiger partial charge in [0.2, 0.25) is 0 Å². The van der Waals surface area contributed by atoms with Crippen LogP contribution in [0.25, 0.3) is 0 Å². The molecule has 0 aliphatic heterocycles. The molecule has 0 radical (unpaired) electrons.